The van der Waals surface area contributed by atoms with Crippen molar-refractivity contribution >= 4 is 34.3 Å². The van der Waals surface area contributed by atoms with E-state index in [9.17, 15) is 4.79 Å². The number of halogens is 1. The van der Waals surface area contributed by atoms with Gasteiger partial charge in [0.25, 0.3) is 5.91 Å². The van der Waals surface area contributed by atoms with Crippen LogP contribution in [0, 0.1) is 0 Å². The molecule has 0 radical (unpaired) electrons. The Kier molecular flexibility index (Phi) is 5.95. The van der Waals surface area contributed by atoms with Gasteiger partial charge in [-0.25, -0.2) is 4.98 Å². The average Bonchev–Trinajstić information content (AvgIpc) is 3.24. The van der Waals surface area contributed by atoms with Gasteiger partial charge in [0.2, 0.25) is 0 Å². The molecule has 2 aromatic heterocycles. The number of nitrogens with one attached hydrogen (secondary N) is 3. The molecular weight excluding hydrogens is 412 g/mol. The Balaban J connectivity index is 1.66. The van der Waals surface area contributed by atoms with Gasteiger partial charge >= 0.3 is 0 Å². The van der Waals surface area contributed by atoms with E-state index in [0.717, 1.165) is 16.7 Å². The number of carbonyl (C=O) groups is 1. The normalized spacial score (nSPS) is 12.5. The third kappa shape index (κ3) is 4.41. The summed E-state index contributed by atoms with van der Waals surface area (Å²) >= 11 is 6.52. The summed E-state index contributed by atoms with van der Waals surface area (Å²) in [5.41, 5.74) is 7.36. The smallest absolute Gasteiger partial charge is 0.287 e. The fourth-order valence-electron chi connectivity index (χ4n) is 3.32. The van der Waals surface area contributed by atoms with Gasteiger partial charge in [-0.05, 0) is 36.8 Å². The van der Waals surface area contributed by atoms with E-state index in [1.807, 2.05) is 55.5 Å². The van der Waals surface area contributed by atoms with E-state index >= 15 is 0 Å². The maximum atomic E-state index is 12.8. The maximum Gasteiger partial charge on any atom is 0.287 e. The summed E-state index contributed by atoms with van der Waals surface area (Å²) < 4.78 is 0. The zero-order chi connectivity index (χ0) is 21.8. The molecule has 0 aliphatic rings. The topological polar surface area (TPSA) is 95.1 Å². The number of nitrogens with zero attached hydrogens (tertiary/aromatic N) is 3. The summed E-state index contributed by atoms with van der Waals surface area (Å²) in [6.45, 7) is 1.93. The van der Waals surface area contributed by atoms with Crippen molar-refractivity contribution in [1.29, 1.82) is 0 Å². The molecule has 2 heterocycles. The zero-order valence-electron chi connectivity index (χ0n) is 17.1. The number of benzene rings is 2. The molecule has 7 nitrogen and oxygen atoms in total. The number of H-pyrrole nitrogens is 1. The van der Waals surface area contributed by atoms with Crippen LogP contribution in [-0.2, 0) is 0 Å². The molecule has 3 N–H and O–H groups in total. The van der Waals surface area contributed by atoms with E-state index in [2.05, 4.69) is 30.8 Å². The molecule has 4 aromatic rings. The second-order valence-corrected chi connectivity index (χ2v) is 7.37. The Morgan fingerprint density at radius 2 is 1.84 bits per heavy atom. The van der Waals surface area contributed by atoms with Crippen molar-refractivity contribution in [3.8, 4) is 0 Å². The Hall–Kier alpha value is -3.71. The fourth-order valence-corrected chi connectivity index (χ4v) is 3.58. The molecule has 2 aromatic carbocycles. The number of pyridine rings is 1. The first kappa shape index (κ1) is 20.6. The van der Waals surface area contributed by atoms with E-state index in [-0.39, 0.29) is 17.8 Å². The number of fused-ring (bicyclic) bond motifs is 1. The number of carbonyl (C=O) groups excluding carboxylic acids is 1. The van der Waals surface area contributed by atoms with Gasteiger partial charge in [-0.15, -0.1) is 0 Å². The number of aromatic amines is 1. The van der Waals surface area contributed by atoms with Crippen molar-refractivity contribution in [3.63, 3.8) is 0 Å². The summed E-state index contributed by atoms with van der Waals surface area (Å²) in [4.78, 5) is 24.3. The van der Waals surface area contributed by atoms with Crippen LogP contribution in [0.2, 0.25) is 5.02 Å². The number of aromatic nitrogens is 3. The number of rotatable bonds is 6. The quantitative estimate of drug-likeness (QED) is 0.316. The molecule has 156 valence electrons. The van der Waals surface area contributed by atoms with Gasteiger partial charge in [0.1, 0.15) is 0 Å². The molecule has 1 amide bonds. The average molecular weight is 433 g/mol. The molecule has 4 rings (SSSR count). The van der Waals surface area contributed by atoms with Gasteiger partial charge in [-0.3, -0.25) is 9.78 Å². The van der Waals surface area contributed by atoms with E-state index in [1.165, 1.54) is 0 Å². The lowest BCUT2D eigenvalue weighted by molar-refractivity contribution is 0.0930. The highest BCUT2D eigenvalue weighted by atomic mass is 35.5. The molecule has 0 aliphatic heterocycles. The molecule has 8 heteroatoms. The second kappa shape index (κ2) is 8.97. The van der Waals surface area contributed by atoms with Gasteiger partial charge in [0, 0.05) is 30.6 Å². The Labute approximate surface area is 184 Å². The number of imidazole rings is 1. The summed E-state index contributed by atoms with van der Waals surface area (Å²) in [5, 5.41) is 7.80. The molecule has 0 saturated carbocycles. The minimum absolute atomic E-state index is 0.158. The van der Waals surface area contributed by atoms with Crippen LogP contribution in [0.5, 0.6) is 0 Å². The third-order valence-electron chi connectivity index (χ3n) is 4.86. The molecule has 0 aliphatic carbocycles. The monoisotopic (exact) mass is 432 g/mol. The summed E-state index contributed by atoms with van der Waals surface area (Å²) in [7, 11) is 1.73. The first-order valence-electron chi connectivity index (χ1n) is 9.77. The minimum Gasteiger partial charge on any atom is -0.343 e. The van der Waals surface area contributed by atoms with Gasteiger partial charge in [-0.1, -0.05) is 41.9 Å². The molecule has 31 heavy (non-hydrogen) atoms. The van der Waals surface area contributed by atoms with Crippen LogP contribution in [0.4, 0.5) is 0 Å². The number of amides is 1. The molecule has 0 spiro atoms. The number of hydrogen-bond acceptors (Lipinski definition) is 5. The van der Waals surface area contributed by atoms with Crippen molar-refractivity contribution in [2.45, 2.75) is 13.0 Å². The highest BCUT2D eigenvalue weighted by Crippen LogP contribution is 2.26. The lowest BCUT2D eigenvalue weighted by Gasteiger charge is -2.12. The number of hydrogen-bond donors (Lipinski definition) is 3. The SMILES string of the molecule is CN/N=C(/c1ccncc1)c1cc(Cl)c2[nH]c(C(=O)NC(C)c3ccccc3)nc2c1. The standard InChI is InChI=1S/C23H21ClN6O/c1-14(15-6-4-3-5-7-15)27-23(31)22-28-19-13-17(12-18(24)21(19)29-22)20(30-25-2)16-8-10-26-11-9-16/h3-14,25H,1-2H3,(H,27,31)(H,28,29)/b30-20-. The van der Waals surface area contributed by atoms with Crippen molar-refractivity contribution in [1.82, 2.24) is 25.7 Å². The lowest BCUT2D eigenvalue weighted by Crippen LogP contribution is -2.27. The molecule has 1 atom stereocenters. The lowest BCUT2D eigenvalue weighted by atomic mass is 10.0. The summed E-state index contributed by atoms with van der Waals surface area (Å²) in [6, 6.07) is 17.0. The van der Waals surface area contributed by atoms with Crippen molar-refractivity contribution in [3.05, 3.63) is 94.5 Å². The van der Waals surface area contributed by atoms with E-state index in [1.54, 1.807) is 25.5 Å². The van der Waals surface area contributed by atoms with Gasteiger partial charge in [0.05, 0.1) is 27.8 Å². The molecule has 0 saturated heterocycles. The third-order valence-corrected chi connectivity index (χ3v) is 5.16. The van der Waals surface area contributed by atoms with E-state index in [4.69, 9.17) is 11.6 Å². The van der Waals surface area contributed by atoms with Crippen molar-refractivity contribution < 1.29 is 4.79 Å². The van der Waals surface area contributed by atoms with Gasteiger partial charge in [-0.2, -0.15) is 5.10 Å². The molecule has 0 fully saturated rings. The predicted molar refractivity (Wildman–Crippen MR) is 122 cm³/mol. The van der Waals surface area contributed by atoms with Crippen LogP contribution in [-0.4, -0.2) is 33.6 Å². The summed E-state index contributed by atoms with van der Waals surface area (Å²) in [6.07, 6.45) is 3.40. The molecular formula is C23H21ClN6O. The van der Waals surface area contributed by atoms with Crippen LogP contribution in [0.25, 0.3) is 11.0 Å². The molecule has 1 unspecified atom stereocenters. The van der Waals surface area contributed by atoms with E-state index in [0.29, 0.717) is 21.8 Å². The molecule has 0 bridgehead atoms. The van der Waals surface area contributed by atoms with Crippen LogP contribution in [0.1, 0.15) is 40.3 Å². The Morgan fingerprint density at radius 3 is 2.55 bits per heavy atom. The van der Waals surface area contributed by atoms with Crippen LogP contribution in [0.3, 0.4) is 0 Å². The second-order valence-electron chi connectivity index (χ2n) is 6.96. The number of hydrazone groups is 1. The Bertz CT molecular complexity index is 1240. The first-order valence-corrected chi connectivity index (χ1v) is 10.1. The minimum atomic E-state index is -0.302. The van der Waals surface area contributed by atoms with Gasteiger partial charge < -0.3 is 15.7 Å². The van der Waals surface area contributed by atoms with Crippen molar-refractivity contribution in [2.75, 3.05) is 7.05 Å². The predicted octanol–water partition coefficient (Wildman–Crippen LogP) is 4.07. The van der Waals surface area contributed by atoms with Crippen LogP contribution < -0.4 is 10.7 Å². The van der Waals surface area contributed by atoms with Crippen LogP contribution in [0.15, 0.2) is 72.1 Å². The van der Waals surface area contributed by atoms with E-state index < -0.39 is 0 Å². The largest absolute Gasteiger partial charge is 0.343 e. The van der Waals surface area contributed by atoms with Crippen molar-refractivity contribution in [2.24, 2.45) is 5.10 Å². The first-order chi connectivity index (χ1) is 15.1. The summed E-state index contributed by atoms with van der Waals surface area (Å²) in [5.74, 6) is -0.101. The van der Waals surface area contributed by atoms with Crippen LogP contribution >= 0.6 is 11.6 Å². The Morgan fingerprint density at radius 1 is 1.10 bits per heavy atom. The highest BCUT2D eigenvalue weighted by Gasteiger charge is 2.18. The fraction of sp³-hybridized carbons (Fsp3) is 0.130. The zero-order valence-corrected chi connectivity index (χ0v) is 17.8. The maximum absolute atomic E-state index is 12.8. The van der Waals surface area contributed by atoms with Gasteiger partial charge in [0.15, 0.2) is 5.82 Å². The highest BCUT2D eigenvalue weighted by molar-refractivity contribution is 6.35.